The van der Waals surface area contributed by atoms with Crippen LogP contribution in [0.1, 0.15) is 40.1 Å². The second-order valence-corrected chi connectivity index (χ2v) is 10.6. The van der Waals surface area contributed by atoms with Gasteiger partial charge in [0.25, 0.3) is 5.91 Å². The van der Waals surface area contributed by atoms with Crippen LogP contribution in [0.4, 0.5) is 4.39 Å². The molecule has 198 valence electrons. The molecule has 0 spiro atoms. The second kappa shape index (κ2) is 10.4. The molecule has 1 saturated heterocycles. The van der Waals surface area contributed by atoms with Gasteiger partial charge in [0.1, 0.15) is 17.4 Å². The lowest BCUT2D eigenvalue weighted by atomic mass is 10.0. The van der Waals surface area contributed by atoms with Crippen molar-refractivity contribution in [3.05, 3.63) is 69.0 Å². The molecule has 0 unspecified atom stereocenters. The van der Waals surface area contributed by atoms with Crippen molar-refractivity contribution >= 4 is 28.9 Å². The highest BCUT2D eigenvalue weighted by Gasteiger charge is 2.22. The SMILES string of the molecule is CN(C)C(=O)c1cc(F)ccc1Cc1cnc(-c2nc3n(CC(=O)N4CCCCC4)ccn3c(=O)c2O)s1. The Balaban J connectivity index is 1.45. The van der Waals surface area contributed by atoms with Gasteiger partial charge in [0, 0.05) is 62.6 Å². The molecule has 4 heterocycles. The number of nitrogens with zero attached hydrogens (tertiary/aromatic N) is 6. The second-order valence-electron chi connectivity index (χ2n) is 9.46. The number of piperidine rings is 1. The average Bonchev–Trinajstić information content (AvgIpc) is 3.54. The Labute approximate surface area is 221 Å². The Hall–Kier alpha value is -4.06. The molecule has 0 radical (unpaired) electrons. The number of hydrogen-bond donors (Lipinski definition) is 1. The monoisotopic (exact) mass is 538 g/mol. The Morgan fingerprint density at radius 1 is 1.16 bits per heavy atom. The minimum absolute atomic E-state index is 0.0142. The van der Waals surface area contributed by atoms with Gasteiger partial charge in [-0.2, -0.15) is 0 Å². The minimum Gasteiger partial charge on any atom is -0.501 e. The number of thiazole rings is 1. The van der Waals surface area contributed by atoms with E-state index >= 15 is 0 Å². The lowest BCUT2D eigenvalue weighted by Gasteiger charge is -2.26. The molecule has 4 aromatic rings. The van der Waals surface area contributed by atoms with E-state index in [1.54, 1.807) is 37.1 Å². The fraction of sp³-hybridized carbons (Fsp3) is 0.346. The fourth-order valence-electron chi connectivity index (χ4n) is 4.55. The number of imidazole rings is 1. The predicted octanol–water partition coefficient (Wildman–Crippen LogP) is 2.77. The Morgan fingerprint density at radius 3 is 2.66 bits per heavy atom. The molecular weight excluding hydrogens is 511 g/mol. The van der Waals surface area contributed by atoms with Gasteiger partial charge in [0.05, 0.1) is 0 Å². The highest BCUT2D eigenvalue weighted by molar-refractivity contribution is 7.15. The van der Waals surface area contributed by atoms with E-state index in [0.29, 0.717) is 17.0 Å². The first kappa shape index (κ1) is 25.6. The topological polar surface area (TPSA) is 113 Å². The third-order valence-corrected chi connectivity index (χ3v) is 7.57. The zero-order chi connectivity index (χ0) is 27.0. The number of rotatable bonds is 6. The van der Waals surface area contributed by atoms with Crippen molar-refractivity contribution in [2.24, 2.45) is 0 Å². The van der Waals surface area contributed by atoms with Crippen LogP contribution in [0, 0.1) is 5.82 Å². The predicted molar refractivity (Wildman–Crippen MR) is 140 cm³/mol. The van der Waals surface area contributed by atoms with Crippen molar-refractivity contribution in [2.75, 3.05) is 27.2 Å². The molecule has 2 amide bonds. The van der Waals surface area contributed by atoms with Crippen LogP contribution >= 0.6 is 11.3 Å². The molecule has 0 saturated carbocycles. The maximum atomic E-state index is 13.9. The number of fused-ring (bicyclic) bond motifs is 1. The number of benzene rings is 1. The molecule has 10 nitrogen and oxygen atoms in total. The number of carbonyl (C=O) groups excluding carboxylic acids is 2. The largest absolute Gasteiger partial charge is 0.501 e. The maximum absolute atomic E-state index is 13.9. The van der Waals surface area contributed by atoms with Crippen molar-refractivity contribution < 1.29 is 19.1 Å². The Bertz CT molecular complexity index is 1580. The summed E-state index contributed by atoms with van der Waals surface area (Å²) in [6.45, 7) is 1.47. The summed E-state index contributed by atoms with van der Waals surface area (Å²) in [7, 11) is 3.20. The summed E-state index contributed by atoms with van der Waals surface area (Å²) in [5, 5.41) is 11.0. The number of halogens is 1. The van der Waals surface area contributed by atoms with E-state index in [-0.39, 0.29) is 35.4 Å². The summed E-state index contributed by atoms with van der Waals surface area (Å²) in [6.07, 6.45) is 8.01. The van der Waals surface area contributed by atoms with E-state index in [2.05, 4.69) is 9.97 Å². The number of hydrogen-bond acceptors (Lipinski definition) is 7. The molecule has 0 bridgehead atoms. The van der Waals surface area contributed by atoms with Crippen LogP contribution in [-0.2, 0) is 17.8 Å². The molecule has 1 N–H and O–H groups in total. The summed E-state index contributed by atoms with van der Waals surface area (Å²) in [5.41, 5.74) is 0.225. The molecule has 5 rings (SSSR count). The molecule has 3 aromatic heterocycles. The quantitative estimate of drug-likeness (QED) is 0.404. The van der Waals surface area contributed by atoms with Gasteiger partial charge in [-0.05, 0) is 37.0 Å². The number of likely N-dealkylation sites (tertiary alicyclic amines) is 1. The summed E-state index contributed by atoms with van der Waals surface area (Å²) in [4.78, 5) is 51.1. The van der Waals surface area contributed by atoms with Gasteiger partial charge >= 0.3 is 5.56 Å². The van der Waals surface area contributed by atoms with Gasteiger partial charge in [-0.15, -0.1) is 11.3 Å². The minimum atomic E-state index is -0.664. The summed E-state index contributed by atoms with van der Waals surface area (Å²) < 4.78 is 16.7. The van der Waals surface area contributed by atoms with E-state index in [9.17, 15) is 23.9 Å². The normalized spacial score (nSPS) is 13.7. The van der Waals surface area contributed by atoms with Gasteiger partial charge in [-0.1, -0.05) is 6.07 Å². The number of aromatic hydroxyl groups is 1. The van der Waals surface area contributed by atoms with Crippen molar-refractivity contribution in [2.45, 2.75) is 32.2 Å². The summed E-state index contributed by atoms with van der Waals surface area (Å²) >= 11 is 1.21. The van der Waals surface area contributed by atoms with Crippen LogP contribution in [0.5, 0.6) is 5.75 Å². The van der Waals surface area contributed by atoms with Gasteiger partial charge < -0.3 is 19.5 Å². The van der Waals surface area contributed by atoms with Gasteiger partial charge in [-0.3, -0.25) is 14.4 Å². The van der Waals surface area contributed by atoms with Crippen molar-refractivity contribution in [1.29, 1.82) is 0 Å². The summed E-state index contributed by atoms with van der Waals surface area (Å²) in [6, 6.07) is 4.07. The van der Waals surface area contributed by atoms with Crippen LogP contribution in [0.15, 0.2) is 41.6 Å². The number of amides is 2. The first-order valence-corrected chi connectivity index (χ1v) is 13.1. The first-order valence-electron chi connectivity index (χ1n) is 12.3. The van der Waals surface area contributed by atoms with E-state index in [4.69, 9.17) is 0 Å². The molecule has 38 heavy (non-hydrogen) atoms. The summed E-state index contributed by atoms with van der Waals surface area (Å²) in [5.74, 6) is -1.20. The molecule has 0 aliphatic carbocycles. The fourth-order valence-corrected chi connectivity index (χ4v) is 5.48. The van der Waals surface area contributed by atoms with E-state index in [0.717, 1.165) is 37.2 Å². The van der Waals surface area contributed by atoms with Crippen LogP contribution in [-0.4, -0.2) is 72.8 Å². The van der Waals surface area contributed by atoms with Gasteiger partial charge in [-0.25, -0.2) is 18.8 Å². The van der Waals surface area contributed by atoms with Crippen LogP contribution < -0.4 is 5.56 Å². The Kier molecular flexibility index (Phi) is 6.98. The third-order valence-electron chi connectivity index (χ3n) is 6.57. The van der Waals surface area contributed by atoms with Crippen LogP contribution in [0.25, 0.3) is 16.5 Å². The van der Waals surface area contributed by atoms with E-state index in [1.165, 1.54) is 39.0 Å². The van der Waals surface area contributed by atoms with E-state index < -0.39 is 17.1 Å². The zero-order valence-corrected chi connectivity index (χ0v) is 21.9. The van der Waals surface area contributed by atoms with Crippen LogP contribution in [0.2, 0.25) is 0 Å². The molecule has 1 aliphatic heterocycles. The molecule has 1 aromatic carbocycles. The first-order chi connectivity index (χ1) is 18.2. The van der Waals surface area contributed by atoms with E-state index in [1.807, 2.05) is 4.90 Å². The third kappa shape index (κ3) is 4.91. The van der Waals surface area contributed by atoms with Crippen molar-refractivity contribution in [3.63, 3.8) is 0 Å². The zero-order valence-electron chi connectivity index (χ0n) is 21.1. The number of carbonyl (C=O) groups is 2. The molecule has 0 atom stereocenters. The maximum Gasteiger partial charge on any atom is 0.302 e. The smallest absolute Gasteiger partial charge is 0.302 e. The molecular formula is C26H27FN6O4S. The Morgan fingerprint density at radius 2 is 1.92 bits per heavy atom. The molecule has 12 heteroatoms. The lowest BCUT2D eigenvalue weighted by Crippen LogP contribution is -2.37. The van der Waals surface area contributed by atoms with Gasteiger partial charge in [0.15, 0.2) is 5.69 Å². The lowest BCUT2D eigenvalue weighted by molar-refractivity contribution is -0.132. The van der Waals surface area contributed by atoms with Crippen molar-refractivity contribution in [1.82, 2.24) is 28.7 Å². The highest BCUT2D eigenvalue weighted by atomic mass is 32.1. The molecule has 1 aliphatic rings. The van der Waals surface area contributed by atoms with Crippen molar-refractivity contribution in [3.8, 4) is 16.5 Å². The molecule has 1 fully saturated rings. The number of aromatic nitrogens is 4. The highest BCUT2D eigenvalue weighted by Crippen LogP contribution is 2.31. The average molecular weight is 539 g/mol. The van der Waals surface area contributed by atoms with Gasteiger partial charge in [0.2, 0.25) is 17.4 Å². The standard InChI is InChI=1S/C26H27FN6O4S/c1-30(2)24(36)19-13-17(27)7-6-16(19)12-18-14-28-23(38-18)21-22(35)25(37)33-11-10-32(26(33)29-21)15-20(34)31-8-4-3-5-9-31/h6-7,10-11,13-14,35H,3-5,8-9,12,15H2,1-2H3. The van der Waals surface area contributed by atoms with Crippen LogP contribution in [0.3, 0.4) is 0 Å².